The number of fused-ring (bicyclic) bond motifs is 2. The molecule has 0 amide bonds. The molecule has 0 N–H and O–H groups in total. The van der Waals surface area contributed by atoms with Crippen molar-refractivity contribution in [2.45, 2.75) is 56.3 Å². The molecule has 1 saturated heterocycles. The van der Waals surface area contributed by atoms with Crippen molar-refractivity contribution in [3.63, 3.8) is 0 Å². The highest BCUT2D eigenvalue weighted by molar-refractivity contribution is 7.86. The molecule has 6 heteroatoms. The van der Waals surface area contributed by atoms with E-state index in [1.54, 1.807) is 37.4 Å². The molecule has 0 spiro atoms. The van der Waals surface area contributed by atoms with E-state index >= 15 is 0 Å². The Hall–Kier alpha value is -0.950. The van der Waals surface area contributed by atoms with Gasteiger partial charge in [-0.2, -0.15) is 8.42 Å². The van der Waals surface area contributed by atoms with Crippen LogP contribution < -0.4 is 0 Å². The lowest BCUT2D eigenvalue weighted by atomic mass is 9.57. The first-order chi connectivity index (χ1) is 13.0. The van der Waals surface area contributed by atoms with E-state index in [0.717, 1.165) is 12.8 Å². The molecule has 0 bridgehead atoms. The smallest absolute Gasteiger partial charge is 0.296 e. The normalized spacial score (nSPS) is 39.0. The summed E-state index contributed by atoms with van der Waals surface area (Å²) in [5.74, 6) is 1.97. The predicted molar refractivity (Wildman–Crippen MR) is 101 cm³/mol. The summed E-state index contributed by atoms with van der Waals surface area (Å²) in [6.07, 6.45) is 5.89. The number of rotatable bonds is 5. The van der Waals surface area contributed by atoms with E-state index in [2.05, 4.69) is 6.92 Å². The van der Waals surface area contributed by atoms with Gasteiger partial charge in [-0.05, 0) is 55.6 Å². The first-order valence-corrected chi connectivity index (χ1v) is 11.5. The highest BCUT2D eigenvalue weighted by Crippen LogP contribution is 2.54. The highest BCUT2D eigenvalue weighted by Gasteiger charge is 2.54. The van der Waals surface area contributed by atoms with Crippen LogP contribution in [0.15, 0.2) is 35.2 Å². The summed E-state index contributed by atoms with van der Waals surface area (Å²) in [7, 11) is -2.03. The summed E-state index contributed by atoms with van der Waals surface area (Å²) in [5.41, 5.74) is 0. The maximum absolute atomic E-state index is 12.7. The molecule has 0 unspecified atom stereocenters. The van der Waals surface area contributed by atoms with Crippen LogP contribution in [-0.2, 0) is 23.8 Å². The second-order valence-electron chi connectivity index (χ2n) is 8.35. The van der Waals surface area contributed by atoms with Gasteiger partial charge in [0.05, 0.1) is 17.6 Å². The molecule has 3 aliphatic rings. The van der Waals surface area contributed by atoms with E-state index in [0.29, 0.717) is 23.7 Å². The quantitative estimate of drug-likeness (QED) is 0.710. The second-order valence-corrected chi connectivity index (χ2v) is 9.96. The van der Waals surface area contributed by atoms with Gasteiger partial charge in [-0.1, -0.05) is 37.5 Å². The van der Waals surface area contributed by atoms with Crippen molar-refractivity contribution in [1.29, 1.82) is 0 Å². The maximum Gasteiger partial charge on any atom is 0.296 e. The molecule has 0 aromatic heterocycles. The second kappa shape index (κ2) is 7.82. The third-order valence-corrected chi connectivity index (χ3v) is 8.30. The van der Waals surface area contributed by atoms with Crippen LogP contribution in [-0.4, -0.2) is 34.5 Å². The Morgan fingerprint density at radius 2 is 1.85 bits per heavy atom. The largest absolute Gasteiger partial charge is 0.356 e. The van der Waals surface area contributed by atoms with E-state index in [1.807, 2.05) is 0 Å². The van der Waals surface area contributed by atoms with Gasteiger partial charge >= 0.3 is 0 Å². The molecule has 1 aliphatic heterocycles. The van der Waals surface area contributed by atoms with Crippen molar-refractivity contribution in [3.8, 4) is 0 Å². The Morgan fingerprint density at radius 3 is 2.59 bits per heavy atom. The topological polar surface area (TPSA) is 61.8 Å². The Bertz CT molecular complexity index is 734. The number of methoxy groups -OCH3 is 1. The van der Waals surface area contributed by atoms with E-state index in [9.17, 15) is 8.42 Å². The maximum atomic E-state index is 12.7. The van der Waals surface area contributed by atoms with Crippen LogP contribution >= 0.6 is 0 Å². The SMILES string of the molecule is CO[C@H]1O[C@@H](C)[C@H]2[C@@H]1C[C@H]1CCCC[C@@H]1[C@H]2COS(=O)(=O)c1ccccc1. The molecule has 2 saturated carbocycles. The van der Waals surface area contributed by atoms with Crippen molar-refractivity contribution in [1.82, 2.24) is 0 Å². The molecule has 1 heterocycles. The minimum atomic E-state index is -3.73. The van der Waals surface area contributed by atoms with Gasteiger partial charge in [0.2, 0.25) is 0 Å². The number of benzene rings is 1. The Balaban J connectivity index is 1.56. The fourth-order valence-corrected chi connectivity index (χ4v) is 6.85. The molecule has 150 valence electrons. The average molecular weight is 395 g/mol. The molecule has 7 atom stereocenters. The standard InChI is InChI=1S/C21H30O5S/c1-14-20-18(21(24-2)26-14)12-15-8-6-7-11-17(15)19(20)13-25-27(22,23)16-9-4-3-5-10-16/h3-5,9-10,14-15,17-21H,6-8,11-13H2,1-2H3/t14-,15+,17-,18-,19+,20-,21-/m0/s1. The summed E-state index contributed by atoms with van der Waals surface area (Å²) < 4.78 is 42.6. The number of ether oxygens (including phenoxy) is 2. The summed E-state index contributed by atoms with van der Waals surface area (Å²) in [6.45, 7) is 2.34. The average Bonchev–Trinajstić information content (AvgIpc) is 3.01. The van der Waals surface area contributed by atoms with Crippen molar-refractivity contribution in [2.75, 3.05) is 13.7 Å². The zero-order valence-corrected chi connectivity index (χ0v) is 16.9. The predicted octanol–water partition coefficient (Wildman–Crippen LogP) is 3.84. The Labute approximate surface area is 162 Å². The van der Waals surface area contributed by atoms with E-state index in [4.69, 9.17) is 13.7 Å². The van der Waals surface area contributed by atoms with Crippen LogP contribution in [0.1, 0.15) is 39.0 Å². The summed E-state index contributed by atoms with van der Waals surface area (Å²) in [5, 5.41) is 0. The van der Waals surface area contributed by atoms with Crippen LogP contribution in [0.5, 0.6) is 0 Å². The van der Waals surface area contributed by atoms with Crippen molar-refractivity contribution in [3.05, 3.63) is 30.3 Å². The van der Waals surface area contributed by atoms with E-state index in [-0.39, 0.29) is 29.8 Å². The molecule has 0 radical (unpaired) electrons. The van der Waals surface area contributed by atoms with Crippen LogP contribution in [0.3, 0.4) is 0 Å². The lowest BCUT2D eigenvalue weighted by molar-refractivity contribution is -0.132. The van der Waals surface area contributed by atoms with Crippen molar-refractivity contribution < 1.29 is 22.1 Å². The molecule has 27 heavy (non-hydrogen) atoms. The number of hydrogen-bond acceptors (Lipinski definition) is 5. The summed E-state index contributed by atoms with van der Waals surface area (Å²) in [4.78, 5) is 0.225. The van der Waals surface area contributed by atoms with Crippen molar-refractivity contribution >= 4 is 10.1 Å². The van der Waals surface area contributed by atoms with Crippen LogP contribution in [0.2, 0.25) is 0 Å². The van der Waals surface area contributed by atoms with Gasteiger partial charge in [-0.25, -0.2) is 0 Å². The highest BCUT2D eigenvalue weighted by atomic mass is 32.2. The fourth-order valence-electron chi connectivity index (χ4n) is 5.88. The van der Waals surface area contributed by atoms with E-state index < -0.39 is 10.1 Å². The zero-order chi connectivity index (χ0) is 19.0. The first-order valence-electron chi connectivity index (χ1n) is 10.1. The van der Waals surface area contributed by atoms with E-state index in [1.165, 1.54) is 19.3 Å². The van der Waals surface area contributed by atoms with Gasteiger partial charge in [-0.3, -0.25) is 4.18 Å². The number of hydrogen-bond donors (Lipinski definition) is 0. The van der Waals surface area contributed by atoms with Crippen molar-refractivity contribution in [2.24, 2.45) is 29.6 Å². The monoisotopic (exact) mass is 394 g/mol. The molecule has 1 aromatic rings. The molecule has 3 fully saturated rings. The zero-order valence-electron chi connectivity index (χ0n) is 16.1. The minimum Gasteiger partial charge on any atom is -0.356 e. The molecule has 1 aromatic carbocycles. The van der Waals surface area contributed by atoms with Gasteiger partial charge in [0.25, 0.3) is 10.1 Å². The van der Waals surface area contributed by atoms with Gasteiger partial charge in [0.15, 0.2) is 6.29 Å². The Morgan fingerprint density at radius 1 is 1.11 bits per heavy atom. The van der Waals surface area contributed by atoms with Crippen LogP contribution in [0, 0.1) is 29.6 Å². The molecule has 5 nitrogen and oxygen atoms in total. The van der Waals surface area contributed by atoms with Gasteiger partial charge in [0.1, 0.15) is 0 Å². The molecular weight excluding hydrogens is 364 g/mol. The summed E-state index contributed by atoms with van der Waals surface area (Å²) in [6, 6.07) is 8.43. The first kappa shape index (κ1) is 19.4. The van der Waals surface area contributed by atoms with Gasteiger partial charge < -0.3 is 9.47 Å². The fraction of sp³-hybridized carbons (Fsp3) is 0.714. The lowest BCUT2D eigenvalue weighted by Gasteiger charge is -2.47. The van der Waals surface area contributed by atoms with Gasteiger partial charge in [-0.15, -0.1) is 0 Å². The minimum absolute atomic E-state index is 0.0656. The molecular formula is C21H30O5S. The third kappa shape index (κ3) is 3.69. The molecule has 2 aliphatic carbocycles. The summed E-state index contributed by atoms with van der Waals surface area (Å²) >= 11 is 0. The Kier molecular flexibility index (Phi) is 5.61. The van der Waals surface area contributed by atoms with Crippen LogP contribution in [0.4, 0.5) is 0 Å². The van der Waals surface area contributed by atoms with Crippen LogP contribution in [0.25, 0.3) is 0 Å². The molecule has 4 rings (SSSR count). The van der Waals surface area contributed by atoms with Gasteiger partial charge in [0, 0.05) is 13.0 Å². The third-order valence-electron chi connectivity index (χ3n) is 7.00. The lowest BCUT2D eigenvalue weighted by Crippen LogP contribution is -2.46.